The molecule has 2 aromatic rings. The number of benzene rings is 1. The van der Waals surface area contributed by atoms with Gasteiger partial charge < -0.3 is 10.6 Å². The van der Waals surface area contributed by atoms with E-state index in [1.807, 2.05) is 38.2 Å². The lowest BCUT2D eigenvalue weighted by atomic mass is 10.1. The molecule has 20 heavy (non-hydrogen) atoms. The molecule has 0 aliphatic rings. The van der Waals surface area contributed by atoms with E-state index in [-0.39, 0.29) is 5.84 Å². The van der Waals surface area contributed by atoms with Crippen LogP contribution >= 0.6 is 0 Å². The third-order valence-electron chi connectivity index (χ3n) is 3.35. The number of nitrogens with one attached hydrogen (secondary N) is 1. The third-order valence-corrected chi connectivity index (χ3v) is 3.35. The van der Waals surface area contributed by atoms with Crippen LogP contribution in [0.1, 0.15) is 16.7 Å². The Hall–Kier alpha value is -2.36. The van der Waals surface area contributed by atoms with Crippen LogP contribution < -0.4 is 10.6 Å². The first-order chi connectivity index (χ1) is 9.59. The Kier molecular flexibility index (Phi) is 4.35. The first kappa shape index (κ1) is 14.1. The Bertz CT molecular complexity index is 593. The summed E-state index contributed by atoms with van der Waals surface area (Å²) < 4.78 is 0. The maximum Gasteiger partial charge on any atom is 0.139 e. The first-order valence-electron chi connectivity index (χ1n) is 6.64. The van der Waals surface area contributed by atoms with Crippen LogP contribution in [0.2, 0.25) is 0 Å². The van der Waals surface area contributed by atoms with Gasteiger partial charge in [0.2, 0.25) is 0 Å². The summed E-state index contributed by atoms with van der Waals surface area (Å²) in [7, 11) is 1.98. The third kappa shape index (κ3) is 3.15. The lowest BCUT2D eigenvalue weighted by Gasteiger charge is -2.21. The highest BCUT2D eigenvalue weighted by atomic mass is 15.2. The van der Waals surface area contributed by atoms with Gasteiger partial charge in [-0.2, -0.15) is 0 Å². The lowest BCUT2D eigenvalue weighted by Crippen LogP contribution is -2.26. The van der Waals surface area contributed by atoms with Crippen molar-refractivity contribution >= 4 is 11.7 Å². The van der Waals surface area contributed by atoms with E-state index in [9.17, 15) is 0 Å². The van der Waals surface area contributed by atoms with Gasteiger partial charge in [-0.1, -0.05) is 30.3 Å². The Labute approximate surface area is 119 Å². The second kappa shape index (κ2) is 6.19. The van der Waals surface area contributed by atoms with Crippen molar-refractivity contribution in [2.45, 2.75) is 13.3 Å². The van der Waals surface area contributed by atoms with Crippen molar-refractivity contribution in [1.29, 1.82) is 5.41 Å². The largest absolute Gasteiger partial charge is 0.384 e. The molecule has 0 unspecified atom stereocenters. The number of likely N-dealkylation sites (N-methyl/N-ethyl adjacent to an activating group) is 1. The summed E-state index contributed by atoms with van der Waals surface area (Å²) in [6.45, 7) is 2.79. The molecule has 1 aromatic carbocycles. The van der Waals surface area contributed by atoms with Crippen LogP contribution in [0.25, 0.3) is 0 Å². The van der Waals surface area contributed by atoms with Crippen molar-refractivity contribution in [3.05, 3.63) is 59.3 Å². The molecule has 4 nitrogen and oxygen atoms in total. The number of aromatic nitrogens is 1. The summed E-state index contributed by atoms with van der Waals surface area (Å²) in [6.07, 6.45) is 2.69. The normalized spacial score (nSPS) is 10.3. The average Bonchev–Trinajstić information content (AvgIpc) is 2.45. The number of anilines is 1. The van der Waals surface area contributed by atoms with Crippen molar-refractivity contribution in [3.63, 3.8) is 0 Å². The minimum Gasteiger partial charge on any atom is -0.384 e. The molecule has 4 heteroatoms. The Morgan fingerprint density at radius 3 is 2.60 bits per heavy atom. The summed E-state index contributed by atoms with van der Waals surface area (Å²) in [5.41, 5.74) is 8.67. The van der Waals surface area contributed by atoms with E-state index >= 15 is 0 Å². The molecule has 0 aliphatic heterocycles. The predicted molar refractivity (Wildman–Crippen MR) is 83.4 cm³/mol. The van der Waals surface area contributed by atoms with Gasteiger partial charge in [0.25, 0.3) is 0 Å². The van der Waals surface area contributed by atoms with Gasteiger partial charge in [-0.15, -0.1) is 0 Å². The van der Waals surface area contributed by atoms with Gasteiger partial charge in [-0.25, -0.2) is 4.98 Å². The quantitative estimate of drug-likeness (QED) is 0.646. The highest BCUT2D eigenvalue weighted by Crippen LogP contribution is 2.19. The van der Waals surface area contributed by atoms with Crippen LogP contribution in [0.5, 0.6) is 0 Å². The fourth-order valence-electron chi connectivity index (χ4n) is 2.21. The fourth-order valence-corrected chi connectivity index (χ4v) is 2.21. The van der Waals surface area contributed by atoms with Crippen LogP contribution in [0.3, 0.4) is 0 Å². The molecule has 0 aliphatic carbocycles. The Morgan fingerprint density at radius 2 is 1.95 bits per heavy atom. The van der Waals surface area contributed by atoms with Crippen molar-refractivity contribution < 1.29 is 0 Å². The maximum absolute atomic E-state index is 7.72. The fraction of sp³-hybridized carbons (Fsp3) is 0.250. The van der Waals surface area contributed by atoms with E-state index < -0.39 is 0 Å². The molecule has 0 amide bonds. The van der Waals surface area contributed by atoms with Crippen LogP contribution in [0.4, 0.5) is 5.82 Å². The number of nitrogens with zero attached hydrogens (tertiary/aromatic N) is 2. The molecule has 0 atom stereocenters. The van der Waals surface area contributed by atoms with Gasteiger partial charge in [0.1, 0.15) is 11.7 Å². The zero-order valence-electron chi connectivity index (χ0n) is 11.9. The zero-order chi connectivity index (χ0) is 14.5. The zero-order valence-corrected chi connectivity index (χ0v) is 11.9. The maximum atomic E-state index is 7.72. The number of nitrogens with two attached hydrogens (primary N) is 1. The monoisotopic (exact) mass is 268 g/mol. The average molecular weight is 268 g/mol. The molecule has 0 saturated carbocycles. The molecule has 0 radical (unpaired) electrons. The van der Waals surface area contributed by atoms with Gasteiger partial charge in [0.15, 0.2) is 0 Å². The standard InChI is InChI=1S/C16H20N4/c1-12-8-10-19-16(14(12)15(17)18)20(2)11-9-13-6-4-3-5-7-13/h3-8,10H,9,11H2,1-2H3,(H3,17,18). The summed E-state index contributed by atoms with van der Waals surface area (Å²) in [4.78, 5) is 6.43. The number of pyridine rings is 1. The molecular weight excluding hydrogens is 248 g/mol. The second-order valence-corrected chi connectivity index (χ2v) is 4.90. The molecule has 2 rings (SSSR count). The van der Waals surface area contributed by atoms with Gasteiger partial charge >= 0.3 is 0 Å². The summed E-state index contributed by atoms with van der Waals surface area (Å²) in [5.74, 6) is 0.839. The molecule has 0 spiro atoms. The minimum absolute atomic E-state index is 0.0668. The van der Waals surface area contributed by atoms with Crippen molar-refractivity contribution in [1.82, 2.24) is 4.98 Å². The number of hydrogen-bond donors (Lipinski definition) is 2. The van der Waals surface area contributed by atoms with Crippen molar-refractivity contribution in [2.75, 3.05) is 18.5 Å². The molecule has 0 fully saturated rings. The highest BCUT2D eigenvalue weighted by Gasteiger charge is 2.13. The number of rotatable bonds is 5. The lowest BCUT2D eigenvalue weighted by molar-refractivity contribution is 0.857. The number of aryl methyl sites for hydroxylation is 1. The van der Waals surface area contributed by atoms with Gasteiger partial charge in [0.05, 0.1) is 5.56 Å². The molecule has 0 bridgehead atoms. The SMILES string of the molecule is Cc1ccnc(N(C)CCc2ccccc2)c1C(=N)N. The molecular formula is C16H20N4. The molecule has 3 N–H and O–H groups in total. The summed E-state index contributed by atoms with van der Waals surface area (Å²) in [5, 5.41) is 7.72. The van der Waals surface area contributed by atoms with Gasteiger partial charge in [0, 0.05) is 19.8 Å². The van der Waals surface area contributed by atoms with Crippen LogP contribution in [0.15, 0.2) is 42.6 Å². The second-order valence-electron chi connectivity index (χ2n) is 4.90. The number of hydrogen-bond acceptors (Lipinski definition) is 3. The van der Waals surface area contributed by atoms with Crippen LogP contribution in [0, 0.1) is 12.3 Å². The van der Waals surface area contributed by atoms with E-state index in [4.69, 9.17) is 11.1 Å². The molecule has 104 valence electrons. The van der Waals surface area contributed by atoms with E-state index in [2.05, 4.69) is 22.0 Å². The van der Waals surface area contributed by atoms with Gasteiger partial charge in [-0.05, 0) is 30.5 Å². The van der Waals surface area contributed by atoms with E-state index in [0.717, 1.165) is 29.9 Å². The van der Waals surface area contributed by atoms with Crippen LogP contribution in [-0.2, 0) is 6.42 Å². The number of amidine groups is 1. The predicted octanol–water partition coefficient (Wildman–Crippen LogP) is 2.35. The van der Waals surface area contributed by atoms with Gasteiger partial charge in [-0.3, -0.25) is 5.41 Å². The summed E-state index contributed by atoms with van der Waals surface area (Å²) in [6, 6.07) is 12.2. The minimum atomic E-state index is 0.0668. The molecule has 1 heterocycles. The highest BCUT2D eigenvalue weighted by molar-refractivity contribution is 6.00. The van der Waals surface area contributed by atoms with E-state index in [1.165, 1.54) is 5.56 Å². The van der Waals surface area contributed by atoms with Crippen molar-refractivity contribution in [3.8, 4) is 0 Å². The van der Waals surface area contributed by atoms with E-state index in [1.54, 1.807) is 6.20 Å². The van der Waals surface area contributed by atoms with E-state index in [0.29, 0.717) is 0 Å². The summed E-state index contributed by atoms with van der Waals surface area (Å²) >= 11 is 0. The topological polar surface area (TPSA) is 66.0 Å². The van der Waals surface area contributed by atoms with Crippen molar-refractivity contribution in [2.24, 2.45) is 5.73 Å². The number of nitrogen functional groups attached to an aromatic ring is 1. The molecule has 1 aromatic heterocycles. The first-order valence-corrected chi connectivity index (χ1v) is 6.64. The Balaban J connectivity index is 2.15. The Morgan fingerprint density at radius 1 is 1.25 bits per heavy atom. The van der Waals surface area contributed by atoms with Crippen LogP contribution in [-0.4, -0.2) is 24.4 Å². The molecule has 0 saturated heterocycles. The smallest absolute Gasteiger partial charge is 0.139 e.